The first kappa shape index (κ1) is 13.1. The fourth-order valence-corrected chi connectivity index (χ4v) is 3.48. The van der Waals surface area contributed by atoms with Crippen LogP contribution in [0.5, 0.6) is 0 Å². The Morgan fingerprint density at radius 1 is 1.41 bits per heavy atom. The maximum atomic E-state index is 4.48. The summed E-state index contributed by atoms with van der Waals surface area (Å²) in [4.78, 5) is 0. The second-order valence-corrected chi connectivity index (χ2v) is 5.91. The van der Waals surface area contributed by atoms with E-state index in [0.29, 0.717) is 6.04 Å². The van der Waals surface area contributed by atoms with Crippen LogP contribution in [-0.4, -0.2) is 22.9 Å². The number of aryl methyl sites for hydroxylation is 2. The second kappa shape index (κ2) is 5.53. The Morgan fingerprint density at radius 2 is 2.12 bits per heavy atom. The van der Waals surface area contributed by atoms with Crippen molar-refractivity contribution in [1.82, 2.24) is 15.1 Å². The number of aromatic nitrogens is 2. The Bertz CT molecular complexity index is 386. The molecule has 1 fully saturated rings. The molecule has 0 aliphatic heterocycles. The largest absolute Gasteiger partial charge is 0.317 e. The van der Waals surface area contributed by atoms with Crippen molar-refractivity contribution in [2.45, 2.75) is 45.1 Å². The molecule has 3 nitrogen and oxygen atoms in total. The van der Waals surface area contributed by atoms with Gasteiger partial charge < -0.3 is 5.32 Å². The molecule has 0 radical (unpaired) electrons. The number of nitrogens with one attached hydrogen (secondary N) is 1. The topological polar surface area (TPSA) is 29.9 Å². The van der Waals surface area contributed by atoms with E-state index in [2.05, 4.69) is 40.3 Å². The summed E-state index contributed by atoms with van der Waals surface area (Å²) in [5.41, 5.74) is 2.44. The summed E-state index contributed by atoms with van der Waals surface area (Å²) in [7, 11) is 4.14. The molecule has 2 atom stereocenters. The average molecular weight is 300 g/mol. The van der Waals surface area contributed by atoms with Gasteiger partial charge in [0.2, 0.25) is 0 Å². The average Bonchev–Trinajstić information content (AvgIpc) is 2.57. The number of hydrogen-bond acceptors (Lipinski definition) is 2. The third-order valence-corrected chi connectivity index (χ3v) is 5.03. The smallest absolute Gasteiger partial charge is 0.0738 e. The quantitative estimate of drug-likeness (QED) is 0.930. The minimum Gasteiger partial charge on any atom is -0.317 e. The van der Waals surface area contributed by atoms with Gasteiger partial charge in [0.15, 0.2) is 0 Å². The van der Waals surface area contributed by atoms with Crippen molar-refractivity contribution in [1.29, 1.82) is 0 Å². The van der Waals surface area contributed by atoms with Gasteiger partial charge in [-0.05, 0) is 55.1 Å². The van der Waals surface area contributed by atoms with Gasteiger partial charge in [-0.2, -0.15) is 5.10 Å². The van der Waals surface area contributed by atoms with Crippen molar-refractivity contribution in [3.63, 3.8) is 0 Å². The van der Waals surface area contributed by atoms with Gasteiger partial charge in [-0.15, -0.1) is 0 Å². The van der Waals surface area contributed by atoms with E-state index in [0.717, 1.165) is 18.0 Å². The molecule has 96 valence electrons. The van der Waals surface area contributed by atoms with Crippen molar-refractivity contribution in [2.75, 3.05) is 7.05 Å². The standard InChI is InChI=1S/C13H22BrN3/c1-9-13(14)12(17(3)16-9)8-10-6-4-5-7-11(10)15-2/h10-11,15H,4-8H2,1-3H3. The highest BCUT2D eigenvalue weighted by atomic mass is 79.9. The first-order chi connectivity index (χ1) is 8.13. The highest BCUT2D eigenvalue weighted by Crippen LogP contribution is 2.30. The van der Waals surface area contributed by atoms with E-state index in [4.69, 9.17) is 0 Å². The second-order valence-electron chi connectivity index (χ2n) is 5.11. The lowest BCUT2D eigenvalue weighted by molar-refractivity contribution is 0.269. The fraction of sp³-hybridized carbons (Fsp3) is 0.769. The fourth-order valence-electron chi connectivity index (χ4n) is 2.98. The third-order valence-electron chi connectivity index (χ3n) is 4.00. The van der Waals surface area contributed by atoms with Crippen molar-refractivity contribution in [3.8, 4) is 0 Å². The zero-order chi connectivity index (χ0) is 12.4. The Balaban J connectivity index is 2.13. The summed E-state index contributed by atoms with van der Waals surface area (Å²) < 4.78 is 3.22. The number of halogens is 1. The molecule has 1 aliphatic rings. The third kappa shape index (κ3) is 2.74. The Kier molecular flexibility index (Phi) is 4.26. The zero-order valence-electron chi connectivity index (χ0n) is 11.0. The molecule has 1 heterocycles. The SMILES string of the molecule is CNC1CCCCC1Cc1c(Br)c(C)nn1C. The van der Waals surface area contributed by atoms with E-state index in [9.17, 15) is 0 Å². The van der Waals surface area contributed by atoms with Gasteiger partial charge in [0.1, 0.15) is 0 Å². The zero-order valence-corrected chi connectivity index (χ0v) is 12.5. The highest BCUT2D eigenvalue weighted by Gasteiger charge is 2.26. The molecule has 0 saturated heterocycles. The van der Waals surface area contributed by atoms with E-state index in [-0.39, 0.29) is 0 Å². The lowest BCUT2D eigenvalue weighted by Gasteiger charge is -2.31. The Morgan fingerprint density at radius 3 is 2.71 bits per heavy atom. The number of nitrogens with zero attached hydrogens (tertiary/aromatic N) is 2. The van der Waals surface area contributed by atoms with Crippen LogP contribution in [0.3, 0.4) is 0 Å². The summed E-state index contributed by atoms with van der Waals surface area (Å²) in [5, 5.41) is 7.95. The van der Waals surface area contributed by atoms with Crippen molar-refractivity contribution < 1.29 is 0 Å². The van der Waals surface area contributed by atoms with Crippen molar-refractivity contribution in [2.24, 2.45) is 13.0 Å². The lowest BCUT2D eigenvalue weighted by atomic mass is 9.82. The van der Waals surface area contributed by atoms with Crippen LogP contribution in [0, 0.1) is 12.8 Å². The molecule has 4 heteroatoms. The monoisotopic (exact) mass is 299 g/mol. The minimum atomic E-state index is 0.672. The van der Waals surface area contributed by atoms with Crippen LogP contribution in [0.2, 0.25) is 0 Å². The van der Waals surface area contributed by atoms with Crippen LogP contribution >= 0.6 is 15.9 Å². The first-order valence-electron chi connectivity index (χ1n) is 6.48. The predicted octanol–water partition coefficient (Wildman–Crippen LogP) is 2.81. The number of hydrogen-bond donors (Lipinski definition) is 1. The van der Waals surface area contributed by atoms with Crippen molar-refractivity contribution >= 4 is 15.9 Å². The summed E-state index contributed by atoms with van der Waals surface area (Å²) in [6, 6.07) is 0.672. The molecule has 0 spiro atoms. The minimum absolute atomic E-state index is 0.672. The predicted molar refractivity (Wildman–Crippen MR) is 74.2 cm³/mol. The highest BCUT2D eigenvalue weighted by molar-refractivity contribution is 9.10. The van der Waals surface area contributed by atoms with E-state index in [1.54, 1.807) is 0 Å². The van der Waals surface area contributed by atoms with Gasteiger partial charge in [-0.25, -0.2) is 0 Å². The first-order valence-corrected chi connectivity index (χ1v) is 7.28. The van der Waals surface area contributed by atoms with Crippen LogP contribution < -0.4 is 5.32 Å². The van der Waals surface area contributed by atoms with E-state index in [1.165, 1.54) is 35.8 Å². The van der Waals surface area contributed by atoms with Crippen LogP contribution in [0.1, 0.15) is 37.1 Å². The van der Waals surface area contributed by atoms with Gasteiger partial charge in [0.05, 0.1) is 15.9 Å². The van der Waals surface area contributed by atoms with Crippen LogP contribution in [0.25, 0.3) is 0 Å². The van der Waals surface area contributed by atoms with Crippen molar-refractivity contribution in [3.05, 3.63) is 15.9 Å². The maximum absolute atomic E-state index is 4.48. The summed E-state index contributed by atoms with van der Waals surface area (Å²) in [6.07, 6.45) is 6.52. The molecule has 1 aromatic rings. The van der Waals surface area contributed by atoms with Crippen LogP contribution in [-0.2, 0) is 13.5 Å². The summed E-state index contributed by atoms with van der Waals surface area (Å²) >= 11 is 3.67. The number of rotatable bonds is 3. The van der Waals surface area contributed by atoms with Gasteiger partial charge in [-0.1, -0.05) is 12.8 Å². The molecule has 1 saturated carbocycles. The van der Waals surface area contributed by atoms with Gasteiger partial charge >= 0.3 is 0 Å². The van der Waals surface area contributed by atoms with Gasteiger partial charge in [0, 0.05) is 13.1 Å². The van der Waals surface area contributed by atoms with Crippen LogP contribution in [0.15, 0.2) is 4.47 Å². The molecule has 2 unspecified atom stereocenters. The molecule has 0 bridgehead atoms. The summed E-state index contributed by atoms with van der Waals surface area (Å²) in [6.45, 7) is 2.06. The molecule has 0 aromatic carbocycles. The Labute approximate surface area is 112 Å². The van der Waals surface area contributed by atoms with Gasteiger partial charge in [0.25, 0.3) is 0 Å². The molecule has 1 N–H and O–H groups in total. The molecule has 2 rings (SSSR count). The molecule has 1 aliphatic carbocycles. The Hall–Kier alpha value is -0.350. The molecule has 0 amide bonds. The van der Waals surface area contributed by atoms with Gasteiger partial charge in [-0.3, -0.25) is 4.68 Å². The lowest BCUT2D eigenvalue weighted by Crippen LogP contribution is -2.37. The van der Waals surface area contributed by atoms with E-state index < -0.39 is 0 Å². The molecular weight excluding hydrogens is 278 g/mol. The summed E-state index contributed by atoms with van der Waals surface area (Å²) in [5.74, 6) is 0.750. The van der Waals surface area contributed by atoms with Crippen LogP contribution in [0.4, 0.5) is 0 Å². The molecule has 1 aromatic heterocycles. The molecule has 17 heavy (non-hydrogen) atoms. The normalized spacial score (nSPS) is 25.2. The van der Waals surface area contributed by atoms with E-state index >= 15 is 0 Å². The maximum Gasteiger partial charge on any atom is 0.0738 e. The van der Waals surface area contributed by atoms with E-state index in [1.807, 2.05) is 11.7 Å². The molecular formula is C13H22BrN3.